The second kappa shape index (κ2) is 7.03. The Hall–Kier alpha value is 0.360. The van der Waals surface area contributed by atoms with Crippen LogP contribution >= 0.6 is 11.6 Å². The van der Waals surface area contributed by atoms with Crippen molar-refractivity contribution in [1.29, 1.82) is 0 Å². The van der Waals surface area contributed by atoms with Crippen LogP contribution in [0.5, 0.6) is 0 Å². The molecule has 0 aromatic rings. The molecule has 0 spiro atoms. The van der Waals surface area contributed by atoms with Crippen molar-refractivity contribution in [1.82, 2.24) is 4.31 Å². The molecule has 0 bridgehead atoms. The van der Waals surface area contributed by atoms with Gasteiger partial charge >= 0.3 is 0 Å². The molecule has 0 heterocycles. The Bertz CT molecular complexity index is 123. The molecule has 0 aromatic carbocycles. The molecule has 0 N–H and O–H groups in total. The fraction of sp³-hybridized carbons (Fsp3) is 1.00. The molecule has 1 atom stereocenters. The van der Waals surface area contributed by atoms with E-state index in [4.69, 9.17) is 11.6 Å². The third kappa shape index (κ3) is 5.61. The lowest BCUT2D eigenvalue weighted by atomic mass is 10.3. The average molecular weight is 199 g/mol. The predicted octanol–water partition coefficient (Wildman–Crippen LogP) is 1.12. The van der Waals surface area contributed by atoms with Crippen LogP contribution in [0.2, 0.25) is 0 Å². The van der Waals surface area contributed by atoms with Gasteiger partial charge in [0.1, 0.15) is 0 Å². The normalized spacial score (nSPS) is 13.8. The van der Waals surface area contributed by atoms with Crippen LogP contribution < -0.4 is 0 Å². The van der Waals surface area contributed by atoms with Crippen molar-refractivity contribution < 1.29 is 8.76 Å². The highest BCUT2D eigenvalue weighted by Gasteiger charge is 2.01. The monoisotopic (exact) mass is 198 g/mol. The highest BCUT2D eigenvalue weighted by atomic mass is 35.5. The first kappa shape index (κ1) is 11.4. The molecule has 0 amide bonds. The van der Waals surface area contributed by atoms with Crippen molar-refractivity contribution in [3.63, 3.8) is 0 Å². The molecule has 3 nitrogen and oxygen atoms in total. The Labute approximate surface area is 75.1 Å². The number of hydrogen-bond acceptors (Lipinski definition) is 2. The van der Waals surface area contributed by atoms with Crippen molar-refractivity contribution >= 4 is 22.9 Å². The maximum atomic E-state index is 10.5. The standard InChI is InChI=1S/C6H14ClNO2S/c1-2-3-5-8(6-4-7)11(9)10/h2-6H2,1H3,(H,9,10)/p-1. The van der Waals surface area contributed by atoms with Crippen molar-refractivity contribution in [3.8, 4) is 0 Å². The van der Waals surface area contributed by atoms with Crippen LogP contribution in [-0.4, -0.2) is 32.0 Å². The first-order chi connectivity index (χ1) is 5.22. The van der Waals surface area contributed by atoms with Gasteiger partial charge in [0.2, 0.25) is 0 Å². The largest absolute Gasteiger partial charge is 0.760 e. The molecule has 0 rings (SSSR count). The van der Waals surface area contributed by atoms with Crippen molar-refractivity contribution in [3.05, 3.63) is 0 Å². The van der Waals surface area contributed by atoms with E-state index in [0.29, 0.717) is 19.0 Å². The Morgan fingerprint density at radius 1 is 1.55 bits per heavy atom. The maximum Gasteiger partial charge on any atom is 0.0361 e. The summed E-state index contributed by atoms with van der Waals surface area (Å²) in [5.74, 6) is 0.359. The van der Waals surface area contributed by atoms with Gasteiger partial charge in [-0.25, -0.2) is 4.31 Å². The molecular formula is C6H13ClNO2S-. The van der Waals surface area contributed by atoms with Gasteiger partial charge in [0.15, 0.2) is 0 Å². The second-order valence-corrected chi connectivity index (χ2v) is 3.52. The number of unbranched alkanes of at least 4 members (excludes halogenated alkanes) is 1. The van der Waals surface area contributed by atoms with Crippen LogP contribution in [0.3, 0.4) is 0 Å². The average Bonchev–Trinajstić information content (AvgIpc) is 1.97. The molecular weight excluding hydrogens is 186 g/mol. The van der Waals surface area contributed by atoms with Crippen LogP contribution in [0.15, 0.2) is 0 Å². The van der Waals surface area contributed by atoms with E-state index in [1.54, 1.807) is 0 Å². The van der Waals surface area contributed by atoms with E-state index in [9.17, 15) is 8.76 Å². The molecule has 0 radical (unpaired) electrons. The van der Waals surface area contributed by atoms with E-state index >= 15 is 0 Å². The lowest BCUT2D eigenvalue weighted by Gasteiger charge is -2.22. The van der Waals surface area contributed by atoms with Gasteiger partial charge in [-0.05, 0) is 6.42 Å². The molecule has 0 saturated carbocycles. The zero-order valence-electron chi connectivity index (χ0n) is 6.59. The summed E-state index contributed by atoms with van der Waals surface area (Å²) < 4.78 is 22.3. The number of hydrogen-bond donors (Lipinski definition) is 0. The summed E-state index contributed by atoms with van der Waals surface area (Å²) in [6.07, 6.45) is 1.89. The maximum absolute atomic E-state index is 10.5. The fourth-order valence-electron chi connectivity index (χ4n) is 0.690. The zero-order chi connectivity index (χ0) is 8.69. The van der Waals surface area contributed by atoms with Gasteiger partial charge in [-0.15, -0.1) is 11.6 Å². The van der Waals surface area contributed by atoms with Crippen LogP contribution in [0.25, 0.3) is 0 Å². The molecule has 0 aliphatic rings. The highest BCUT2D eigenvalue weighted by Crippen LogP contribution is 1.97. The number of halogens is 1. The molecule has 0 fully saturated rings. The molecule has 0 aliphatic carbocycles. The Morgan fingerprint density at radius 2 is 2.18 bits per heavy atom. The number of rotatable bonds is 6. The third-order valence-electron chi connectivity index (χ3n) is 1.31. The smallest absolute Gasteiger partial charge is 0.0361 e. The highest BCUT2D eigenvalue weighted by molar-refractivity contribution is 7.76. The van der Waals surface area contributed by atoms with E-state index in [0.717, 1.165) is 12.8 Å². The first-order valence-electron chi connectivity index (χ1n) is 3.62. The minimum absolute atomic E-state index is 0.359. The van der Waals surface area contributed by atoms with Crippen LogP contribution in [-0.2, 0) is 11.3 Å². The quantitative estimate of drug-likeness (QED) is 0.474. The third-order valence-corrected chi connectivity index (χ3v) is 2.26. The molecule has 0 aliphatic heterocycles. The SMILES string of the molecule is CCCCN(CCCl)S(=O)[O-]. The number of nitrogens with zero attached hydrogens (tertiary/aromatic N) is 1. The van der Waals surface area contributed by atoms with Crippen LogP contribution in [0, 0.1) is 0 Å². The molecule has 1 unspecified atom stereocenters. The zero-order valence-corrected chi connectivity index (χ0v) is 8.16. The van der Waals surface area contributed by atoms with Crippen molar-refractivity contribution in [2.75, 3.05) is 19.0 Å². The van der Waals surface area contributed by atoms with Gasteiger partial charge in [-0.1, -0.05) is 13.3 Å². The molecule has 5 heteroatoms. The summed E-state index contributed by atoms with van der Waals surface area (Å²) in [5, 5.41) is 0. The van der Waals surface area contributed by atoms with Crippen molar-refractivity contribution in [2.45, 2.75) is 19.8 Å². The van der Waals surface area contributed by atoms with Gasteiger partial charge < -0.3 is 4.55 Å². The van der Waals surface area contributed by atoms with E-state index in [1.807, 2.05) is 6.92 Å². The summed E-state index contributed by atoms with van der Waals surface area (Å²) in [7, 11) is 0. The van der Waals surface area contributed by atoms with E-state index in [1.165, 1.54) is 4.31 Å². The first-order valence-corrected chi connectivity index (χ1v) is 5.19. The minimum Gasteiger partial charge on any atom is -0.760 e. The van der Waals surface area contributed by atoms with Crippen LogP contribution in [0.4, 0.5) is 0 Å². The predicted molar refractivity (Wildman–Crippen MR) is 46.1 cm³/mol. The van der Waals surface area contributed by atoms with Gasteiger partial charge in [0, 0.05) is 30.2 Å². The summed E-state index contributed by atoms with van der Waals surface area (Å²) >= 11 is 3.30. The van der Waals surface area contributed by atoms with Gasteiger partial charge in [0.05, 0.1) is 0 Å². The topological polar surface area (TPSA) is 43.4 Å². The Morgan fingerprint density at radius 3 is 2.55 bits per heavy atom. The van der Waals surface area contributed by atoms with Crippen molar-refractivity contribution in [2.24, 2.45) is 0 Å². The summed E-state index contributed by atoms with van der Waals surface area (Å²) in [5.41, 5.74) is 0. The Kier molecular flexibility index (Phi) is 7.26. The van der Waals surface area contributed by atoms with E-state index < -0.39 is 11.3 Å². The molecule has 0 saturated heterocycles. The second-order valence-electron chi connectivity index (χ2n) is 2.19. The molecule has 0 aromatic heterocycles. The minimum atomic E-state index is -2.11. The van der Waals surface area contributed by atoms with Gasteiger partial charge in [-0.2, -0.15) is 0 Å². The molecule has 11 heavy (non-hydrogen) atoms. The van der Waals surface area contributed by atoms with Crippen LogP contribution in [0.1, 0.15) is 19.8 Å². The summed E-state index contributed by atoms with van der Waals surface area (Å²) in [6, 6.07) is 0. The summed E-state index contributed by atoms with van der Waals surface area (Å²) in [6.45, 7) is 3.02. The lowest BCUT2D eigenvalue weighted by Crippen LogP contribution is -2.28. The van der Waals surface area contributed by atoms with Gasteiger partial charge in [-0.3, -0.25) is 4.21 Å². The van der Waals surface area contributed by atoms with E-state index in [2.05, 4.69) is 0 Å². The fourth-order valence-corrected chi connectivity index (χ4v) is 1.51. The summed E-state index contributed by atoms with van der Waals surface area (Å²) in [4.78, 5) is 0. The van der Waals surface area contributed by atoms with E-state index in [-0.39, 0.29) is 0 Å². The van der Waals surface area contributed by atoms with Gasteiger partial charge in [0.25, 0.3) is 0 Å². The number of alkyl halides is 1. The Balaban J connectivity index is 3.60. The molecule has 68 valence electrons. The lowest BCUT2D eigenvalue weighted by molar-refractivity contribution is 0.395.